The molecule has 1 aliphatic heterocycles. The summed E-state index contributed by atoms with van der Waals surface area (Å²) in [5.74, 6) is 0. The quantitative estimate of drug-likeness (QED) is 0.417. The Labute approximate surface area is 133 Å². The van der Waals surface area contributed by atoms with Crippen LogP contribution in [0.25, 0.3) is 0 Å². The second-order valence-corrected chi connectivity index (χ2v) is 49.2. The summed E-state index contributed by atoms with van der Waals surface area (Å²) in [6.45, 7) is 0. The molecule has 0 radical (unpaired) electrons. The molecule has 0 spiro atoms. The van der Waals surface area contributed by atoms with E-state index in [1.165, 1.54) is 0 Å². The zero-order chi connectivity index (χ0) is 12.4. The van der Waals surface area contributed by atoms with E-state index in [1.807, 2.05) is 0 Å². The third-order valence-electron chi connectivity index (χ3n) is 2.51. The van der Waals surface area contributed by atoms with Gasteiger partial charge in [-0.15, -0.1) is 0 Å². The standard InChI is InChI=1S/C12H10P2Se4/c15-18-14(12-9-5-2-6-10-12)16-13(17-14)11-7-3-1-4-8-11/h1-10H/p+1. The average molecular weight is 533 g/mol. The van der Waals surface area contributed by atoms with Gasteiger partial charge in [0.1, 0.15) is 0 Å². The molecule has 0 atom stereocenters. The van der Waals surface area contributed by atoms with Crippen LogP contribution in [-0.2, 0) is 0 Å². The van der Waals surface area contributed by atoms with Gasteiger partial charge >= 0.3 is 135 Å². The van der Waals surface area contributed by atoms with E-state index in [4.69, 9.17) is 0 Å². The second-order valence-electron chi connectivity index (χ2n) is 3.67. The molecule has 0 aromatic heterocycles. The SMILES string of the molecule is [SeH][Se][P+]1(c2ccccc2)[Se]P(c2ccccc2)[Se]1. The summed E-state index contributed by atoms with van der Waals surface area (Å²) in [5.41, 5.74) is 0. The van der Waals surface area contributed by atoms with Gasteiger partial charge in [0.2, 0.25) is 0 Å². The first kappa shape index (κ1) is 14.3. The van der Waals surface area contributed by atoms with Gasteiger partial charge in [0.15, 0.2) is 0 Å². The molecule has 0 unspecified atom stereocenters. The molecule has 0 nitrogen and oxygen atoms in total. The van der Waals surface area contributed by atoms with Crippen molar-refractivity contribution in [1.29, 1.82) is 0 Å². The maximum absolute atomic E-state index is 2.95. The van der Waals surface area contributed by atoms with Crippen molar-refractivity contribution >= 4 is 74.3 Å². The van der Waals surface area contributed by atoms with Gasteiger partial charge in [-0.1, -0.05) is 0 Å². The summed E-state index contributed by atoms with van der Waals surface area (Å²) in [4.78, 5) is 0. The molecule has 2 aromatic rings. The van der Waals surface area contributed by atoms with Crippen LogP contribution in [-0.4, -0.2) is 55.0 Å². The summed E-state index contributed by atoms with van der Waals surface area (Å²) in [6, 6.07) is 22.6. The summed E-state index contributed by atoms with van der Waals surface area (Å²) in [5, 5.41) is 3.66. The maximum atomic E-state index is 2.95. The van der Waals surface area contributed by atoms with E-state index in [9.17, 15) is 0 Å². The van der Waals surface area contributed by atoms with Crippen LogP contribution in [0.15, 0.2) is 60.7 Å². The van der Waals surface area contributed by atoms with Gasteiger partial charge in [-0.25, -0.2) is 0 Å². The van der Waals surface area contributed by atoms with Crippen LogP contribution in [0.5, 0.6) is 0 Å². The van der Waals surface area contributed by atoms with E-state index in [1.54, 1.807) is 10.6 Å². The molecular weight excluding hydrogens is 522 g/mol. The van der Waals surface area contributed by atoms with Crippen molar-refractivity contribution in [3.05, 3.63) is 60.7 Å². The molecule has 1 fully saturated rings. The van der Waals surface area contributed by atoms with Gasteiger partial charge in [-0.2, -0.15) is 0 Å². The Kier molecular flexibility index (Phi) is 5.12. The second kappa shape index (κ2) is 6.43. The van der Waals surface area contributed by atoms with Crippen LogP contribution < -0.4 is 10.6 Å². The van der Waals surface area contributed by atoms with Crippen molar-refractivity contribution in [2.24, 2.45) is 0 Å². The summed E-state index contributed by atoms with van der Waals surface area (Å²) < 4.78 is -0.636. The fourth-order valence-electron chi connectivity index (χ4n) is 1.63. The monoisotopic (exact) mass is 537 g/mol. The molecule has 92 valence electrons. The molecule has 0 bridgehead atoms. The van der Waals surface area contributed by atoms with Gasteiger partial charge in [0.25, 0.3) is 0 Å². The molecule has 18 heavy (non-hydrogen) atoms. The van der Waals surface area contributed by atoms with E-state index >= 15 is 0 Å². The van der Waals surface area contributed by atoms with Crippen LogP contribution in [0, 0.1) is 0 Å². The van der Waals surface area contributed by atoms with Gasteiger partial charge in [0, 0.05) is 0 Å². The predicted molar refractivity (Wildman–Crippen MR) is 90.4 cm³/mol. The Morgan fingerprint density at radius 3 is 2.00 bits per heavy atom. The van der Waals surface area contributed by atoms with E-state index < -0.39 is 3.33 Å². The van der Waals surface area contributed by atoms with Crippen molar-refractivity contribution in [3.63, 3.8) is 0 Å². The molecular formula is C12H11P2Se4+. The van der Waals surface area contributed by atoms with E-state index in [0.29, 0.717) is 0 Å². The molecule has 0 amide bonds. The van der Waals surface area contributed by atoms with E-state index in [2.05, 4.69) is 74.9 Å². The normalized spacial score (nSPS) is 26.6. The summed E-state index contributed by atoms with van der Waals surface area (Å²) in [7, 11) is 0. The molecule has 2 aromatic carbocycles. The first-order chi connectivity index (χ1) is 8.84. The number of rotatable bonds is 3. The van der Waals surface area contributed by atoms with Gasteiger partial charge in [-0.3, -0.25) is 0 Å². The predicted octanol–water partition coefficient (Wildman–Crippen LogP) is 1.65. The fraction of sp³-hybridized carbons (Fsp3) is 0. The van der Waals surface area contributed by atoms with Crippen molar-refractivity contribution < 1.29 is 0 Å². The molecule has 3 rings (SSSR count). The molecule has 0 saturated carbocycles. The van der Waals surface area contributed by atoms with Crippen molar-refractivity contribution in [1.82, 2.24) is 0 Å². The number of hydrogen-bond acceptors (Lipinski definition) is 0. The zero-order valence-corrected chi connectivity index (χ0v) is 18.1. The van der Waals surface area contributed by atoms with Crippen LogP contribution in [0.3, 0.4) is 0 Å². The molecule has 1 saturated heterocycles. The minimum absolute atomic E-state index is 0.270. The molecule has 1 aliphatic rings. The van der Waals surface area contributed by atoms with E-state index in [0.717, 1.165) is 40.8 Å². The molecule has 6 heteroatoms. The molecule has 0 aliphatic carbocycles. The van der Waals surface area contributed by atoms with Crippen LogP contribution in [0.2, 0.25) is 0 Å². The Hall–Kier alpha value is 1.38. The fourth-order valence-corrected chi connectivity index (χ4v) is 125. The Bertz CT molecular complexity index is 514. The van der Waals surface area contributed by atoms with Crippen LogP contribution >= 0.6 is 8.63 Å². The molecule has 1 heterocycles. The molecule has 0 N–H and O–H groups in total. The van der Waals surface area contributed by atoms with Crippen molar-refractivity contribution in [2.75, 3.05) is 0 Å². The first-order valence-electron chi connectivity index (χ1n) is 5.36. The van der Waals surface area contributed by atoms with Crippen LogP contribution in [0.4, 0.5) is 0 Å². The third kappa shape index (κ3) is 2.86. The van der Waals surface area contributed by atoms with Gasteiger partial charge in [-0.05, 0) is 0 Å². The summed E-state index contributed by atoms with van der Waals surface area (Å²) >= 11 is 5.55. The van der Waals surface area contributed by atoms with E-state index in [-0.39, 0.29) is 5.30 Å². The van der Waals surface area contributed by atoms with Crippen molar-refractivity contribution in [3.8, 4) is 0 Å². The average Bonchev–Trinajstić information content (AvgIpc) is 2.41. The first-order valence-corrected chi connectivity index (χ1v) is 24.3. The minimum atomic E-state index is -0.636. The Morgan fingerprint density at radius 2 is 1.44 bits per heavy atom. The topological polar surface area (TPSA) is 0 Å². The number of benzene rings is 2. The van der Waals surface area contributed by atoms with Crippen molar-refractivity contribution in [2.45, 2.75) is 0 Å². The van der Waals surface area contributed by atoms with Gasteiger partial charge in [0.05, 0.1) is 0 Å². The van der Waals surface area contributed by atoms with Crippen LogP contribution in [0.1, 0.15) is 0 Å². The Balaban J connectivity index is 1.80. The van der Waals surface area contributed by atoms with Gasteiger partial charge < -0.3 is 0 Å². The number of hydrogen-bond donors (Lipinski definition) is 0. The Morgan fingerprint density at radius 1 is 0.889 bits per heavy atom. The third-order valence-corrected chi connectivity index (χ3v) is 97.9. The summed E-state index contributed by atoms with van der Waals surface area (Å²) in [6.07, 6.45) is 0. The zero-order valence-electron chi connectivity index (χ0n) is 9.34.